The van der Waals surface area contributed by atoms with Crippen LogP contribution in [0.25, 0.3) is 12.2 Å². The van der Waals surface area contributed by atoms with Gasteiger partial charge in [-0.25, -0.2) is 9.59 Å². The summed E-state index contributed by atoms with van der Waals surface area (Å²) in [5, 5.41) is 0. The van der Waals surface area contributed by atoms with Crippen molar-refractivity contribution >= 4 is 24.1 Å². The van der Waals surface area contributed by atoms with Gasteiger partial charge in [0.2, 0.25) is 0 Å². The summed E-state index contributed by atoms with van der Waals surface area (Å²) in [6, 6.07) is 16.8. The molecule has 2 aromatic rings. The molecule has 2 aromatic carbocycles. The highest BCUT2D eigenvalue weighted by molar-refractivity contribution is 5.91. The van der Waals surface area contributed by atoms with Gasteiger partial charge in [-0.15, -0.1) is 0 Å². The quantitative estimate of drug-likeness (QED) is 0.628. The highest BCUT2D eigenvalue weighted by Gasteiger charge is 2.10. The van der Waals surface area contributed by atoms with Crippen molar-refractivity contribution in [1.29, 1.82) is 0 Å². The molecular weight excluding hydrogens is 280 g/mol. The third-order valence-electron chi connectivity index (χ3n) is 2.94. The summed E-state index contributed by atoms with van der Waals surface area (Å²) in [4.78, 5) is 22.8. The Morgan fingerprint density at radius 2 is 1.64 bits per heavy atom. The van der Waals surface area contributed by atoms with Gasteiger partial charge in [-0.05, 0) is 23.3 Å². The fourth-order valence-corrected chi connectivity index (χ4v) is 1.79. The van der Waals surface area contributed by atoms with Gasteiger partial charge in [0, 0.05) is 0 Å². The van der Waals surface area contributed by atoms with Gasteiger partial charge in [-0.1, -0.05) is 54.6 Å². The van der Waals surface area contributed by atoms with E-state index in [9.17, 15) is 9.59 Å². The molecule has 0 saturated heterocycles. The summed E-state index contributed by atoms with van der Waals surface area (Å²) in [7, 11) is 1.24. The van der Waals surface area contributed by atoms with Crippen molar-refractivity contribution in [2.45, 2.75) is 0 Å². The molecule has 0 N–H and O–H groups in total. The minimum Gasteiger partial charge on any atom is -0.466 e. The van der Waals surface area contributed by atoms with E-state index < -0.39 is 11.9 Å². The average Bonchev–Trinajstić information content (AvgIpc) is 2.58. The molecule has 0 atom stereocenters. The van der Waals surface area contributed by atoms with Crippen LogP contribution in [-0.2, 0) is 14.3 Å². The molecule has 4 nitrogen and oxygen atoms in total. The summed E-state index contributed by atoms with van der Waals surface area (Å²) >= 11 is 0. The van der Waals surface area contributed by atoms with Gasteiger partial charge in [0.15, 0.2) is 6.61 Å². The smallest absolute Gasteiger partial charge is 0.344 e. The normalized spacial score (nSPS) is 10.4. The lowest BCUT2D eigenvalue weighted by molar-refractivity contribution is -0.144. The number of hydrogen-bond donors (Lipinski definition) is 0. The number of ether oxygens (including phenoxy) is 2. The Morgan fingerprint density at radius 1 is 0.955 bits per heavy atom. The zero-order valence-corrected chi connectivity index (χ0v) is 12.2. The fourth-order valence-electron chi connectivity index (χ4n) is 1.79. The van der Waals surface area contributed by atoms with Gasteiger partial charge >= 0.3 is 11.9 Å². The SMILES string of the molecule is COC(=O)COC(=O)c1cccc(/C=C/c2ccccc2)c1. The van der Waals surface area contributed by atoms with Crippen LogP contribution >= 0.6 is 0 Å². The molecule has 0 aliphatic rings. The number of carbonyl (C=O) groups excluding carboxylic acids is 2. The minimum absolute atomic E-state index is 0.388. The van der Waals surface area contributed by atoms with Crippen LogP contribution in [0.3, 0.4) is 0 Å². The summed E-state index contributed by atoms with van der Waals surface area (Å²) in [5.41, 5.74) is 2.33. The lowest BCUT2D eigenvalue weighted by Gasteiger charge is -2.04. The van der Waals surface area contributed by atoms with E-state index in [0.717, 1.165) is 11.1 Å². The predicted molar refractivity (Wildman–Crippen MR) is 84.1 cm³/mol. The van der Waals surface area contributed by atoms with Crippen LogP contribution < -0.4 is 0 Å². The van der Waals surface area contributed by atoms with Crippen LogP contribution in [0, 0.1) is 0 Å². The molecule has 112 valence electrons. The summed E-state index contributed by atoms with van der Waals surface area (Å²) in [6.45, 7) is -0.389. The highest BCUT2D eigenvalue weighted by atomic mass is 16.6. The number of methoxy groups -OCH3 is 1. The van der Waals surface area contributed by atoms with Crippen molar-refractivity contribution < 1.29 is 19.1 Å². The van der Waals surface area contributed by atoms with Crippen LogP contribution in [-0.4, -0.2) is 25.7 Å². The van der Waals surface area contributed by atoms with Gasteiger partial charge in [0.1, 0.15) is 0 Å². The first-order valence-corrected chi connectivity index (χ1v) is 6.76. The topological polar surface area (TPSA) is 52.6 Å². The van der Waals surface area contributed by atoms with Gasteiger partial charge in [-0.2, -0.15) is 0 Å². The second kappa shape index (κ2) is 7.78. The zero-order valence-electron chi connectivity index (χ0n) is 12.2. The Bertz CT molecular complexity index is 674. The number of benzene rings is 2. The van der Waals surface area contributed by atoms with E-state index in [2.05, 4.69) is 4.74 Å². The van der Waals surface area contributed by atoms with Crippen LogP contribution in [0.2, 0.25) is 0 Å². The second-order valence-electron chi connectivity index (χ2n) is 4.52. The van der Waals surface area contributed by atoms with E-state index in [4.69, 9.17) is 4.74 Å². The first kappa shape index (κ1) is 15.5. The third kappa shape index (κ3) is 4.59. The predicted octanol–water partition coefficient (Wildman–Crippen LogP) is 3.19. The van der Waals surface area contributed by atoms with Crippen LogP contribution in [0.15, 0.2) is 54.6 Å². The Kier molecular flexibility index (Phi) is 5.49. The van der Waals surface area contributed by atoms with Crippen molar-refractivity contribution in [2.24, 2.45) is 0 Å². The lowest BCUT2D eigenvalue weighted by Crippen LogP contribution is -2.15. The maximum absolute atomic E-state index is 11.8. The molecule has 0 amide bonds. The Labute approximate surface area is 129 Å². The van der Waals surface area contributed by atoms with Crippen molar-refractivity contribution in [2.75, 3.05) is 13.7 Å². The van der Waals surface area contributed by atoms with E-state index in [0.29, 0.717) is 5.56 Å². The molecule has 0 aromatic heterocycles. The van der Waals surface area contributed by atoms with E-state index in [1.807, 2.05) is 48.6 Å². The molecule has 0 aliphatic heterocycles. The summed E-state index contributed by atoms with van der Waals surface area (Å²) in [6.07, 6.45) is 3.87. The molecule has 0 spiro atoms. The van der Waals surface area contributed by atoms with E-state index in [1.165, 1.54) is 7.11 Å². The van der Waals surface area contributed by atoms with Crippen LogP contribution in [0.5, 0.6) is 0 Å². The molecule has 22 heavy (non-hydrogen) atoms. The second-order valence-corrected chi connectivity index (χ2v) is 4.52. The zero-order chi connectivity index (χ0) is 15.8. The number of carbonyl (C=O) groups is 2. The molecule has 0 saturated carbocycles. The van der Waals surface area contributed by atoms with Crippen LogP contribution in [0.4, 0.5) is 0 Å². The van der Waals surface area contributed by atoms with E-state index >= 15 is 0 Å². The van der Waals surface area contributed by atoms with Crippen molar-refractivity contribution in [1.82, 2.24) is 0 Å². The fraction of sp³-hybridized carbons (Fsp3) is 0.111. The summed E-state index contributed by atoms with van der Waals surface area (Å²) < 4.78 is 9.28. The van der Waals surface area contributed by atoms with Gasteiger partial charge in [-0.3, -0.25) is 0 Å². The first-order valence-electron chi connectivity index (χ1n) is 6.76. The average molecular weight is 296 g/mol. The highest BCUT2D eigenvalue weighted by Crippen LogP contribution is 2.11. The van der Waals surface area contributed by atoms with Gasteiger partial charge in [0.05, 0.1) is 12.7 Å². The maximum atomic E-state index is 11.8. The summed E-state index contributed by atoms with van der Waals surface area (Å²) in [5.74, 6) is -1.14. The molecule has 4 heteroatoms. The van der Waals surface area contributed by atoms with E-state index in [1.54, 1.807) is 18.2 Å². The Hall–Kier alpha value is -2.88. The molecule has 2 rings (SSSR count). The van der Waals surface area contributed by atoms with Gasteiger partial charge < -0.3 is 9.47 Å². The Balaban J connectivity index is 2.05. The van der Waals surface area contributed by atoms with Crippen LogP contribution in [0.1, 0.15) is 21.5 Å². The van der Waals surface area contributed by atoms with Crippen molar-refractivity contribution in [3.8, 4) is 0 Å². The van der Waals surface area contributed by atoms with Gasteiger partial charge in [0.25, 0.3) is 0 Å². The maximum Gasteiger partial charge on any atom is 0.344 e. The molecule has 0 bridgehead atoms. The lowest BCUT2D eigenvalue weighted by atomic mass is 10.1. The first-order chi connectivity index (χ1) is 10.7. The molecule has 0 heterocycles. The molecule has 0 aliphatic carbocycles. The number of hydrogen-bond acceptors (Lipinski definition) is 4. The molecular formula is C18H16O4. The van der Waals surface area contributed by atoms with Crippen molar-refractivity contribution in [3.05, 3.63) is 71.3 Å². The van der Waals surface area contributed by atoms with Crippen molar-refractivity contribution in [3.63, 3.8) is 0 Å². The monoisotopic (exact) mass is 296 g/mol. The standard InChI is InChI=1S/C18H16O4/c1-21-17(19)13-22-18(20)16-9-5-8-15(12-16)11-10-14-6-3-2-4-7-14/h2-12H,13H2,1H3/b11-10+. The molecule has 0 unspecified atom stereocenters. The number of rotatable bonds is 5. The third-order valence-corrected chi connectivity index (χ3v) is 2.94. The Morgan fingerprint density at radius 3 is 2.36 bits per heavy atom. The van der Waals surface area contributed by atoms with E-state index in [-0.39, 0.29) is 6.61 Å². The largest absolute Gasteiger partial charge is 0.466 e. The minimum atomic E-state index is -0.589. The molecule has 0 fully saturated rings. The molecule has 0 radical (unpaired) electrons. The number of esters is 2.